The third-order valence-corrected chi connectivity index (χ3v) is 1.98. The van der Waals surface area contributed by atoms with Gasteiger partial charge < -0.3 is 5.11 Å². The summed E-state index contributed by atoms with van der Waals surface area (Å²) in [6.45, 7) is 0. The Kier molecular flexibility index (Phi) is 2.98. The number of carbonyl (C=O) groups excluding carboxylic acids is 1. The molecule has 0 amide bonds. The summed E-state index contributed by atoms with van der Waals surface area (Å²) in [5.74, 6) is -3.67. The van der Waals surface area contributed by atoms with E-state index in [1.54, 1.807) is 0 Å². The second-order valence-corrected chi connectivity index (χ2v) is 2.87. The van der Waals surface area contributed by atoms with E-state index >= 15 is 0 Å². The number of carbonyl (C=O) groups is 1. The first kappa shape index (κ1) is 10.1. The SMILES string of the molecule is O=C(CBr)c1c(F)ccc(O)c1F. The smallest absolute Gasteiger partial charge is 0.179 e. The summed E-state index contributed by atoms with van der Waals surface area (Å²) in [6, 6.07) is 1.70. The number of hydrogen-bond acceptors (Lipinski definition) is 2. The van der Waals surface area contributed by atoms with Crippen LogP contribution in [0, 0.1) is 11.6 Å². The van der Waals surface area contributed by atoms with E-state index in [1.165, 1.54) is 0 Å². The molecule has 0 radical (unpaired) electrons. The van der Waals surface area contributed by atoms with Crippen LogP contribution in [-0.4, -0.2) is 16.2 Å². The van der Waals surface area contributed by atoms with Crippen LogP contribution in [0.1, 0.15) is 10.4 Å². The summed E-state index contributed by atoms with van der Waals surface area (Å²) >= 11 is 2.78. The van der Waals surface area contributed by atoms with Crippen LogP contribution in [0.3, 0.4) is 0 Å². The van der Waals surface area contributed by atoms with E-state index < -0.39 is 28.7 Å². The topological polar surface area (TPSA) is 37.3 Å². The Bertz CT molecular complexity index is 352. The van der Waals surface area contributed by atoms with Crippen molar-refractivity contribution in [2.45, 2.75) is 0 Å². The van der Waals surface area contributed by atoms with Gasteiger partial charge in [-0.1, -0.05) is 15.9 Å². The molecule has 1 N–H and O–H groups in total. The van der Waals surface area contributed by atoms with Crippen molar-refractivity contribution in [1.82, 2.24) is 0 Å². The number of aromatic hydroxyl groups is 1. The van der Waals surface area contributed by atoms with Crippen LogP contribution in [0.5, 0.6) is 5.75 Å². The van der Waals surface area contributed by atoms with Crippen LogP contribution in [0.15, 0.2) is 12.1 Å². The molecule has 70 valence electrons. The molecule has 0 saturated carbocycles. The van der Waals surface area contributed by atoms with E-state index in [9.17, 15) is 13.6 Å². The van der Waals surface area contributed by atoms with Crippen molar-refractivity contribution in [3.05, 3.63) is 29.3 Å². The number of phenols is 1. The molecular weight excluding hydrogens is 246 g/mol. The molecule has 0 aliphatic heterocycles. The number of Topliss-reactive ketones (excluding diaryl/α,β-unsaturated/α-hetero) is 1. The summed E-state index contributed by atoms with van der Waals surface area (Å²) < 4.78 is 25.8. The summed E-state index contributed by atoms with van der Waals surface area (Å²) in [6.07, 6.45) is 0. The highest BCUT2D eigenvalue weighted by molar-refractivity contribution is 9.09. The molecule has 0 heterocycles. The Morgan fingerprint density at radius 1 is 1.46 bits per heavy atom. The number of benzene rings is 1. The van der Waals surface area contributed by atoms with Gasteiger partial charge in [0.2, 0.25) is 0 Å². The van der Waals surface area contributed by atoms with Crippen LogP contribution >= 0.6 is 15.9 Å². The number of halogens is 3. The minimum atomic E-state index is -1.22. The predicted octanol–water partition coefficient (Wildman–Crippen LogP) is 2.25. The van der Waals surface area contributed by atoms with Gasteiger partial charge in [-0.3, -0.25) is 4.79 Å². The summed E-state index contributed by atoms with van der Waals surface area (Å²) in [7, 11) is 0. The monoisotopic (exact) mass is 250 g/mol. The van der Waals surface area contributed by atoms with Crippen molar-refractivity contribution in [2.75, 3.05) is 5.33 Å². The van der Waals surface area contributed by atoms with Gasteiger partial charge >= 0.3 is 0 Å². The molecule has 0 aliphatic rings. The van der Waals surface area contributed by atoms with Gasteiger partial charge in [-0.05, 0) is 12.1 Å². The van der Waals surface area contributed by atoms with Gasteiger partial charge in [0.15, 0.2) is 17.3 Å². The van der Waals surface area contributed by atoms with Crippen LogP contribution < -0.4 is 0 Å². The third kappa shape index (κ3) is 1.85. The maximum absolute atomic E-state index is 13.0. The zero-order chi connectivity index (χ0) is 10.0. The fourth-order valence-electron chi connectivity index (χ4n) is 0.864. The van der Waals surface area contributed by atoms with Gasteiger partial charge in [-0.25, -0.2) is 8.78 Å². The molecule has 0 fully saturated rings. The van der Waals surface area contributed by atoms with Gasteiger partial charge in [-0.2, -0.15) is 0 Å². The molecule has 1 aromatic rings. The third-order valence-electron chi connectivity index (χ3n) is 1.47. The molecule has 0 unspecified atom stereocenters. The second-order valence-electron chi connectivity index (χ2n) is 2.31. The van der Waals surface area contributed by atoms with Gasteiger partial charge in [0.05, 0.1) is 10.9 Å². The molecule has 0 bridgehead atoms. The van der Waals surface area contributed by atoms with Gasteiger partial charge in [-0.15, -0.1) is 0 Å². The molecule has 2 nitrogen and oxygen atoms in total. The van der Waals surface area contributed by atoms with Crippen molar-refractivity contribution in [3.63, 3.8) is 0 Å². The van der Waals surface area contributed by atoms with E-state index in [-0.39, 0.29) is 5.33 Å². The van der Waals surface area contributed by atoms with E-state index in [4.69, 9.17) is 5.11 Å². The zero-order valence-electron chi connectivity index (χ0n) is 6.35. The maximum Gasteiger partial charge on any atom is 0.179 e. The van der Waals surface area contributed by atoms with Gasteiger partial charge in [0, 0.05) is 0 Å². The fraction of sp³-hybridized carbons (Fsp3) is 0.125. The normalized spacial score (nSPS) is 10.1. The Balaban J connectivity index is 3.33. The van der Waals surface area contributed by atoms with E-state index in [0.717, 1.165) is 12.1 Å². The van der Waals surface area contributed by atoms with Gasteiger partial charge in [0.25, 0.3) is 0 Å². The van der Waals surface area contributed by atoms with E-state index in [2.05, 4.69) is 15.9 Å². The standard InChI is InChI=1S/C8H5BrF2O2/c9-3-6(13)7-4(10)1-2-5(12)8(7)11/h1-2,12H,3H2. The number of ketones is 1. The average Bonchev–Trinajstić information content (AvgIpc) is 2.12. The minimum Gasteiger partial charge on any atom is -0.505 e. The number of rotatable bonds is 2. The molecule has 1 rings (SSSR count). The molecule has 0 atom stereocenters. The minimum absolute atomic E-state index is 0.190. The lowest BCUT2D eigenvalue weighted by Gasteiger charge is -2.02. The Labute approximate surface area is 81.3 Å². The quantitative estimate of drug-likeness (QED) is 0.646. The van der Waals surface area contributed by atoms with Crippen molar-refractivity contribution in [2.24, 2.45) is 0 Å². The maximum atomic E-state index is 13.0. The van der Waals surface area contributed by atoms with Gasteiger partial charge in [0.1, 0.15) is 5.82 Å². The fourth-order valence-corrected chi connectivity index (χ4v) is 1.14. The number of phenolic OH excluding ortho intramolecular Hbond substituents is 1. The van der Waals surface area contributed by atoms with Crippen molar-refractivity contribution in [3.8, 4) is 5.75 Å². The molecule has 1 aromatic carbocycles. The number of alkyl halides is 1. The summed E-state index contributed by atoms with van der Waals surface area (Å²) in [5, 5.41) is 8.67. The average molecular weight is 251 g/mol. The molecule has 0 saturated heterocycles. The largest absolute Gasteiger partial charge is 0.505 e. The first-order valence-electron chi connectivity index (χ1n) is 3.34. The van der Waals surface area contributed by atoms with E-state index in [1.807, 2.05) is 0 Å². The molecule has 0 aliphatic carbocycles. The van der Waals surface area contributed by atoms with Crippen molar-refractivity contribution < 1.29 is 18.7 Å². The van der Waals surface area contributed by atoms with Crippen LogP contribution in [0.25, 0.3) is 0 Å². The van der Waals surface area contributed by atoms with Crippen LogP contribution in [0.4, 0.5) is 8.78 Å². The predicted molar refractivity (Wildman–Crippen MR) is 46.1 cm³/mol. The molecule has 0 aromatic heterocycles. The van der Waals surface area contributed by atoms with Crippen LogP contribution in [0.2, 0.25) is 0 Å². The van der Waals surface area contributed by atoms with Crippen molar-refractivity contribution >= 4 is 21.7 Å². The molecule has 5 heteroatoms. The summed E-state index contributed by atoms with van der Waals surface area (Å²) in [5.41, 5.74) is -0.711. The van der Waals surface area contributed by atoms with E-state index in [0.29, 0.717) is 0 Å². The zero-order valence-corrected chi connectivity index (χ0v) is 7.94. The molecule has 0 spiro atoms. The Morgan fingerprint density at radius 2 is 2.08 bits per heavy atom. The van der Waals surface area contributed by atoms with Crippen LogP contribution in [-0.2, 0) is 0 Å². The second kappa shape index (κ2) is 3.83. The lowest BCUT2D eigenvalue weighted by Crippen LogP contribution is -2.06. The lowest BCUT2D eigenvalue weighted by atomic mass is 10.1. The highest BCUT2D eigenvalue weighted by Gasteiger charge is 2.18. The van der Waals surface area contributed by atoms with Crippen molar-refractivity contribution in [1.29, 1.82) is 0 Å². The highest BCUT2D eigenvalue weighted by atomic mass is 79.9. The Morgan fingerprint density at radius 3 is 2.62 bits per heavy atom. The first-order valence-corrected chi connectivity index (χ1v) is 4.46. The lowest BCUT2D eigenvalue weighted by molar-refractivity contribution is 0.101. The summed E-state index contributed by atoms with van der Waals surface area (Å²) in [4.78, 5) is 11.0. The Hall–Kier alpha value is -0.970. The highest BCUT2D eigenvalue weighted by Crippen LogP contribution is 2.22. The first-order chi connectivity index (χ1) is 6.07. The molecule has 13 heavy (non-hydrogen) atoms. The number of hydrogen-bond donors (Lipinski definition) is 1. The molecular formula is C8H5BrF2O2.